The smallest absolute Gasteiger partial charge is 0.231 e. The van der Waals surface area contributed by atoms with Crippen LogP contribution >= 0.6 is 0 Å². The highest BCUT2D eigenvalue weighted by Gasteiger charge is 2.17. The highest BCUT2D eigenvalue weighted by molar-refractivity contribution is 5.51. The van der Waals surface area contributed by atoms with Crippen LogP contribution in [0, 0.1) is 12.7 Å². The molecule has 1 aliphatic rings. The lowest BCUT2D eigenvalue weighted by molar-refractivity contribution is 0.173. The molecule has 0 atom stereocenters. The minimum absolute atomic E-state index is 0.200. The summed E-state index contributed by atoms with van der Waals surface area (Å²) in [5.74, 6) is 1.66. The second-order valence-electron chi connectivity index (χ2n) is 4.88. The van der Waals surface area contributed by atoms with E-state index in [1.165, 1.54) is 12.1 Å². The van der Waals surface area contributed by atoms with E-state index in [9.17, 15) is 4.39 Å². The number of hydrogen-bond donors (Lipinski definition) is 1. The van der Waals surface area contributed by atoms with Crippen LogP contribution in [0.5, 0.6) is 17.2 Å². The Kier molecular flexibility index (Phi) is 3.66. The molecule has 2 aromatic rings. The van der Waals surface area contributed by atoms with Gasteiger partial charge in [0.25, 0.3) is 0 Å². The lowest BCUT2D eigenvalue weighted by Gasteiger charge is -2.13. The predicted octanol–water partition coefficient (Wildman–Crippen LogP) is 2.90. The van der Waals surface area contributed by atoms with Crippen molar-refractivity contribution in [1.82, 2.24) is 0 Å². The van der Waals surface area contributed by atoms with Crippen molar-refractivity contribution in [3.05, 3.63) is 52.8 Å². The Morgan fingerprint density at radius 3 is 2.67 bits per heavy atom. The first-order valence-electron chi connectivity index (χ1n) is 6.68. The van der Waals surface area contributed by atoms with E-state index >= 15 is 0 Å². The standard InChI is InChI=1S/C16H16FNO3/c1-10-2-3-13(17)4-12(10)8-19-14-6-16-15(20-9-21-16)5-11(14)7-18/h2-6H,7-9,18H2,1H3. The summed E-state index contributed by atoms with van der Waals surface area (Å²) in [4.78, 5) is 0. The van der Waals surface area contributed by atoms with Gasteiger partial charge in [0.15, 0.2) is 11.5 Å². The summed E-state index contributed by atoms with van der Waals surface area (Å²) >= 11 is 0. The molecule has 5 heteroatoms. The average molecular weight is 289 g/mol. The van der Waals surface area contributed by atoms with Crippen molar-refractivity contribution in [1.29, 1.82) is 0 Å². The summed E-state index contributed by atoms with van der Waals surface area (Å²) in [6.07, 6.45) is 0. The van der Waals surface area contributed by atoms with Gasteiger partial charge in [-0.25, -0.2) is 4.39 Å². The molecular formula is C16H16FNO3. The van der Waals surface area contributed by atoms with E-state index in [1.807, 2.05) is 13.0 Å². The second kappa shape index (κ2) is 5.61. The third-order valence-corrected chi connectivity index (χ3v) is 3.47. The minimum Gasteiger partial charge on any atom is -0.488 e. The zero-order chi connectivity index (χ0) is 14.8. The highest BCUT2D eigenvalue weighted by atomic mass is 19.1. The van der Waals surface area contributed by atoms with Gasteiger partial charge in [-0.2, -0.15) is 0 Å². The van der Waals surface area contributed by atoms with Crippen LogP contribution in [-0.4, -0.2) is 6.79 Å². The third kappa shape index (κ3) is 2.78. The fourth-order valence-electron chi connectivity index (χ4n) is 2.21. The molecule has 110 valence electrons. The van der Waals surface area contributed by atoms with Crippen molar-refractivity contribution >= 4 is 0 Å². The maximum atomic E-state index is 13.3. The molecule has 0 saturated carbocycles. The monoisotopic (exact) mass is 289 g/mol. The van der Waals surface area contributed by atoms with Crippen molar-refractivity contribution in [2.75, 3.05) is 6.79 Å². The number of nitrogens with two attached hydrogens (primary N) is 1. The number of rotatable bonds is 4. The van der Waals surface area contributed by atoms with E-state index < -0.39 is 0 Å². The third-order valence-electron chi connectivity index (χ3n) is 3.47. The van der Waals surface area contributed by atoms with Crippen molar-refractivity contribution in [3.8, 4) is 17.2 Å². The van der Waals surface area contributed by atoms with Crippen molar-refractivity contribution in [2.24, 2.45) is 5.73 Å². The number of aryl methyl sites for hydroxylation is 1. The van der Waals surface area contributed by atoms with Crippen molar-refractivity contribution in [3.63, 3.8) is 0 Å². The zero-order valence-electron chi connectivity index (χ0n) is 11.7. The van der Waals surface area contributed by atoms with E-state index in [4.69, 9.17) is 19.9 Å². The van der Waals surface area contributed by atoms with Crippen LogP contribution in [0.1, 0.15) is 16.7 Å². The summed E-state index contributed by atoms with van der Waals surface area (Å²) in [7, 11) is 0. The summed E-state index contributed by atoms with van der Waals surface area (Å²) in [5, 5.41) is 0. The van der Waals surface area contributed by atoms with Crippen LogP contribution in [0.3, 0.4) is 0 Å². The number of benzene rings is 2. The minimum atomic E-state index is -0.274. The van der Waals surface area contributed by atoms with Crippen LogP contribution in [-0.2, 0) is 13.2 Å². The summed E-state index contributed by atoms with van der Waals surface area (Å²) in [6.45, 7) is 2.72. The van der Waals surface area contributed by atoms with Crippen LogP contribution < -0.4 is 19.9 Å². The van der Waals surface area contributed by atoms with Gasteiger partial charge in [-0.3, -0.25) is 0 Å². The van der Waals surface area contributed by atoms with Gasteiger partial charge < -0.3 is 19.9 Å². The van der Waals surface area contributed by atoms with Gasteiger partial charge in [0, 0.05) is 18.2 Å². The van der Waals surface area contributed by atoms with Crippen molar-refractivity contribution in [2.45, 2.75) is 20.1 Å². The number of ether oxygens (including phenoxy) is 3. The Balaban J connectivity index is 1.83. The first kappa shape index (κ1) is 13.7. The van der Waals surface area contributed by atoms with E-state index in [0.717, 1.165) is 16.7 Å². The summed E-state index contributed by atoms with van der Waals surface area (Å²) in [6, 6.07) is 8.22. The number of fused-ring (bicyclic) bond motifs is 1. The molecule has 0 aliphatic carbocycles. The highest BCUT2D eigenvalue weighted by Crippen LogP contribution is 2.38. The zero-order valence-corrected chi connectivity index (χ0v) is 11.7. The van der Waals surface area contributed by atoms with E-state index in [-0.39, 0.29) is 19.2 Å². The van der Waals surface area contributed by atoms with Gasteiger partial charge in [-0.05, 0) is 36.2 Å². The fraction of sp³-hybridized carbons (Fsp3) is 0.250. The first-order chi connectivity index (χ1) is 10.2. The normalized spacial score (nSPS) is 12.5. The van der Waals surface area contributed by atoms with Gasteiger partial charge >= 0.3 is 0 Å². The van der Waals surface area contributed by atoms with Gasteiger partial charge in [0.05, 0.1) is 0 Å². The molecule has 1 aliphatic heterocycles. The second-order valence-corrected chi connectivity index (χ2v) is 4.88. The van der Waals surface area contributed by atoms with Crippen LogP contribution in [0.25, 0.3) is 0 Å². The molecule has 0 bridgehead atoms. The summed E-state index contributed by atoms with van der Waals surface area (Å²) in [5.41, 5.74) is 8.34. The Bertz CT molecular complexity index is 673. The molecule has 4 nitrogen and oxygen atoms in total. The maximum absolute atomic E-state index is 13.3. The molecule has 2 aromatic carbocycles. The molecule has 0 aromatic heterocycles. The molecular weight excluding hydrogens is 273 g/mol. The number of halogens is 1. The quantitative estimate of drug-likeness (QED) is 0.940. The van der Waals surface area contributed by atoms with Crippen molar-refractivity contribution < 1.29 is 18.6 Å². The Hall–Kier alpha value is -2.27. The molecule has 0 saturated heterocycles. The average Bonchev–Trinajstić information content (AvgIpc) is 2.94. The molecule has 1 heterocycles. The molecule has 0 spiro atoms. The molecule has 3 rings (SSSR count). The van der Waals surface area contributed by atoms with Crippen LogP contribution in [0.4, 0.5) is 4.39 Å². The van der Waals surface area contributed by atoms with E-state index in [0.29, 0.717) is 23.8 Å². The SMILES string of the molecule is Cc1ccc(F)cc1COc1cc2c(cc1CN)OCO2. The first-order valence-corrected chi connectivity index (χ1v) is 6.68. The van der Waals surface area contributed by atoms with Gasteiger partial charge in [-0.1, -0.05) is 6.07 Å². The number of hydrogen-bond acceptors (Lipinski definition) is 4. The fourth-order valence-corrected chi connectivity index (χ4v) is 2.21. The lowest BCUT2D eigenvalue weighted by Crippen LogP contribution is -2.04. The maximum Gasteiger partial charge on any atom is 0.231 e. The van der Waals surface area contributed by atoms with Gasteiger partial charge in [-0.15, -0.1) is 0 Å². The molecule has 0 radical (unpaired) electrons. The Morgan fingerprint density at radius 1 is 1.14 bits per heavy atom. The Labute approximate surface area is 122 Å². The topological polar surface area (TPSA) is 53.7 Å². The van der Waals surface area contributed by atoms with Gasteiger partial charge in [0.1, 0.15) is 18.2 Å². The largest absolute Gasteiger partial charge is 0.488 e. The van der Waals surface area contributed by atoms with Crippen LogP contribution in [0.2, 0.25) is 0 Å². The predicted molar refractivity (Wildman–Crippen MR) is 75.9 cm³/mol. The summed E-state index contributed by atoms with van der Waals surface area (Å²) < 4.78 is 29.7. The van der Waals surface area contributed by atoms with Gasteiger partial charge in [0.2, 0.25) is 6.79 Å². The van der Waals surface area contributed by atoms with Crippen LogP contribution in [0.15, 0.2) is 30.3 Å². The lowest BCUT2D eigenvalue weighted by atomic mass is 10.1. The molecule has 0 unspecified atom stereocenters. The Morgan fingerprint density at radius 2 is 1.90 bits per heavy atom. The molecule has 0 amide bonds. The van der Waals surface area contributed by atoms with E-state index in [1.54, 1.807) is 12.1 Å². The molecule has 0 fully saturated rings. The van der Waals surface area contributed by atoms with E-state index in [2.05, 4.69) is 0 Å². The molecule has 21 heavy (non-hydrogen) atoms. The molecule has 2 N–H and O–H groups in total.